The van der Waals surface area contributed by atoms with Gasteiger partial charge in [-0.1, -0.05) is 0 Å². The molecule has 6 heteroatoms. The molecule has 0 atom stereocenters. The number of aromatic amines is 1. The zero-order valence-corrected chi connectivity index (χ0v) is 11.3. The lowest BCUT2D eigenvalue weighted by Crippen LogP contribution is -2.23. The Morgan fingerprint density at radius 3 is 3.05 bits per heavy atom. The van der Waals surface area contributed by atoms with Crippen molar-refractivity contribution in [3.05, 3.63) is 53.2 Å². The van der Waals surface area contributed by atoms with Gasteiger partial charge in [0.05, 0.1) is 6.20 Å². The SMILES string of the molecule is Cc1cc(C)n2ncc(CNC(=O)c3ccc[nH]3)c2n1. The van der Waals surface area contributed by atoms with Gasteiger partial charge < -0.3 is 10.3 Å². The van der Waals surface area contributed by atoms with E-state index in [-0.39, 0.29) is 5.91 Å². The van der Waals surface area contributed by atoms with Crippen molar-refractivity contribution >= 4 is 11.6 Å². The number of carbonyl (C=O) groups is 1. The van der Waals surface area contributed by atoms with Crippen LogP contribution >= 0.6 is 0 Å². The van der Waals surface area contributed by atoms with Crippen LogP contribution in [0.2, 0.25) is 0 Å². The third kappa shape index (κ3) is 2.16. The molecule has 0 saturated heterocycles. The van der Waals surface area contributed by atoms with E-state index in [1.54, 1.807) is 29.0 Å². The lowest BCUT2D eigenvalue weighted by molar-refractivity contribution is 0.0946. The zero-order valence-electron chi connectivity index (χ0n) is 11.3. The first-order valence-corrected chi connectivity index (χ1v) is 6.37. The van der Waals surface area contributed by atoms with E-state index >= 15 is 0 Å². The molecular weight excluding hydrogens is 254 g/mol. The molecule has 2 N–H and O–H groups in total. The molecule has 0 aliphatic carbocycles. The standard InChI is InChI=1S/C14H15N5O/c1-9-6-10(2)19-13(18-9)11(8-17-19)7-16-14(20)12-4-3-5-15-12/h3-6,8,15H,7H2,1-2H3,(H,16,20). The highest BCUT2D eigenvalue weighted by Crippen LogP contribution is 2.11. The number of nitrogens with one attached hydrogen (secondary N) is 2. The minimum Gasteiger partial charge on any atom is -0.357 e. The van der Waals surface area contributed by atoms with Crippen LogP contribution in [0, 0.1) is 13.8 Å². The van der Waals surface area contributed by atoms with Crippen molar-refractivity contribution in [1.82, 2.24) is 24.9 Å². The molecule has 0 radical (unpaired) electrons. The maximum absolute atomic E-state index is 11.9. The van der Waals surface area contributed by atoms with Crippen molar-refractivity contribution in [3.8, 4) is 0 Å². The first-order valence-electron chi connectivity index (χ1n) is 6.37. The van der Waals surface area contributed by atoms with E-state index in [1.165, 1.54) is 0 Å². The number of carbonyl (C=O) groups excluding carboxylic acids is 1. The molecule has 0 aliphatic rings. The fourth-order valence-corrected chi connectivity index (χ4v) is 2.18. The van der Waals surface area contributed by atoms with Crippen LogP contribution in [0.3, 0.4) is 0 Å². The Balaban J connectivity index is 1.83. The maximum Gasteiger partial charge on any atom is 0.267 e. The normalized spacial score (nSPS) is 10.9. The topological polar surface area (TPSA) is 75.1 Å². The highest BCUT2D eigenvalue weighted by atomic mass is 16.1. The summed E-state index contributed by atoms with van der Waals surface area (Å²) in [6, 6.07) is 5.50. The summed E-state index contributed by atoms with van der Waals surface area (Å²) in [6.45, 7) is 4.33. The quantitative estimate of drug-likeness (QED) is 0.758. The monoisotopic (exact) mass is 269 g/mol. The minimum absolute atomic E-state index is 0.140. The Morgan fingerprint density at radius 1 is 1.45 bits per heavy atom. The van der Waals surface area contributed by atoms with Crippen LogP contribution in [0.1, 0.15) is 27.4 Å². The average Bonchev–Trinajstić information content (AvgIpc) is 3.05. The summed E-state index contributed by atoms with van der Waals surface area (Å²) in [5.74, 6) is -0.140. The molecule has 0 spiro atoms. The third-order valence-electron chi connectivity index (χ3n) is 3.13. The van der Waals surface area contributed by atoms with Crippen molar-refractivity contribution in [2.45, 2.75) is 20.4 Å². The molecule has 0 fully saturated rings. The molecule has 3 rings (SSSR count). The molecule has 0 saturated carbocycles. The van der Waals surface area contributed by atoms with Crippen molar-refractivity contribution in [3.63, 3.8) is 0 Å². The van der Waals surface area contributed by atoms with Crippen LogP contribution < -0.4 is 5.32 Å². The van der Waals surface area contributed by atoms with Crippen molar-refractivity contribution in [2.24, 2.45) is 0 Å². The second kappa shape index (κ2) is 4.80. The summed E-state index contributed by atoms with van der Waals surface area (Å²) in [5, 5.41) is 7.15. The molecule has 0 bridgehead atoms. The average molecular weight is 269 g/mol. The van der Waals surface area contributed by atoms with Gasteiger partial charge in [0.15, 0.2) is 5.65 Å². The van der Waals surface area contributed by atoms with E-state index in [0.29, 0.717) is 12.2 Å². The van der Waals surface area contributed by atoms with E-state index < -0.39 is 0 Å². The summed E-state index contributed by atoms with van der Waals surface area (Å²) in [7, 11) is 0. The molecule has 3 heterocycles. The first-order chi connectivity index (χ1) is 9.65. The predicted molar refractivity (Wildman–Crippen MR) is 74.4 cm³/mol. The molecule has 3 aromatic rings. The number of rotatable bonds is 3. The van der Waals surface area contributed by atoms with Gasteiger partial charge in [0.1, 0.15) is 5.69 Å². The summed E-state index contributed by atoms with van der Waals surface area (Å²) < 4.78 is 1.78. The van der Waals surface area contributed by atoms with E-state index in [4.69, 9.17) is 0 Å². The number of hydrogen-bond donors (Lipinski definition) is 2. The smallest absolute Gasteiger partial charge is 0.267 e. The second-order valence-corrected chi connectivity index (χ2v) is 4.71. The number of fused-ring (bicyclic) bond motifs is 1. The van der Waals surface area contributed by atoms with Gasteiger partial charge in [-0.05, 0) is 32.0 Å². The maximum atomic E-state index is 11.9. The first kappa shape index (κ1) is 12.4. The lowest BCUT2D eigenvalue weighted by Gasteiger charge is -2.04. The van der Waals surface area contributed by atoms with E-state index in [0.717, 1.165) is 22.6 Å². The van der Waals surface area contributed by atoms with Crippen molar-refractivity contribution < 1.29 is 4.79 Å². The minimum atomic E-state index is -0.140. The van der Waals surface area contributed by atoms with Crippen LogP contribution in [0.4, 0.5) is 0 Å². The Morgan fingerprint density at radius 2 is 2.30 bits per heavy atom. The molecule has 0 aliphatic heterocycles. The fourth-order valence-electron chi connectivity index (χ4n) is 2.18. The van der Waals surface area contributed by atoms with Gasteiger partial charge in [-0.25, -0.2) is 9.50 Å². The molecule has 0 aromatic carbocycles. The van der Waals surface area contributed by atoms with Gasteiger partial charge in [0.2, 0.25) is 0 Å². The highest BCUT2D eigenvalue weighted by Gasteiger charge is 2.10. The molecule has 20 heavy (non-hydrogen) atoms. The van der Waals surface area contributed by atoms with Gasteiger partial charge in [-0.2, -0.15) is 5.10 Å². The number of H-pyrrole nitrogens is 1. The van der Waals surface area contributed by atoms with E-state index in [9.17, 15) is 4.79 Å². The molecular formula is C14H15N5O. The van der Waals surface area contributed by atoms with E-state index in [1.807, 2.05) is 19.9 Å². The largest absolute Gasteiger partial charge is 0.357 e. The molecule has 3 aromatic heterocycles. The molecule has 0 unspecified atom stereocenters. The number of amides is 1. The summed E-state index contributed by atoms with van der Waals surface area (Å²) in [6.07, 6.45) is 3.46. The lowest BCUT2D eigenvalue weighted by atomic mass is 10.3. The van der Waals surface area contributed by atoms with Gasteiger partial charge in [0.25, 0.3) is 5.91 Å². The summed E-state index contributed by atoms with van der Waals surface area (Å²) in [5.41, 5.74) is 4.19. The molecule has 1 amide bonds. The van der Waals surface area contributed by atoms with E-state index in [2.05, 4.69) is 20.4 Å². The van der Waals surface area contributed by atoms with Gasteiger partial charge in [-0.15, -0.1) is 0 Å². The Kier molecular flexibility index (Phi) is 2.98. The zero-order chi connectivity index (χ0) is 14.1. The van der Waals surface area contributed by atoms with Crippen LogP contribution in [-0.2, 0) is 6.54 Å². The van der Waals surface area contributed by atoms with Gasteiger partial charge in [0, 0.05) is 29.7 Å². The highest BCUT2D eigenvalue weighted by molar-refractivity contribution is 5.92. The number of hydrogen-bond acceptors (Lipinski definition) is 3. The number of aromatic nitrogens is 4. The van der Waals surface area contributed by atoms with Crippen LogP contribution in [0.25, 0.3) is 5.65 Å². The van der Waals surface area contributed by atoms with Gasteiger partial charge in [-0.3, -0.25) is 4.79 Å². The third-order valence-corrected chi connectivity index (χ3v) is 3.13. The van der Waals surface area contributed by atoms with Crippen molar-refractivity contribution in [2.75, 3.05) is 0 Å². The Hall–Kier alpha value is -2.63. The molecule has 102 valence electrons. The second-order valence-electron chi connectivity index (χ2n) is 4.71. The number of aryl methyl sites for hydroxylation is 2. The summed E-state index contributed by atoms with van der Waals surface area (Å²) in [4.78, 5) is 19.2. The Labute approximate surface area is 115 Å². The fraction of sp³-hybridized carbons (Fsp3) is 0.214. The predicted octanol–water partition coefficient (Wildman–Crippen LogP) is 1.60. The molecule has 6 nitrogen and oxygen atoms in total. The van der Waals surface area contributed by atoms with Crippen LogP contribution in [0.15, 0.2) is 30.6 Å². The summed E-state index contributed by atoms with van der Waals surface area (Å²) >= 11 is 0. The van der Waals surface area contributed by atoms with Gasteiger partial charge >= 0.3 is 0 Å². The van der Waals surface area contributed by atoms with Crippen LogP contribution in [-0.4, -0.2) is 25.5 Å². The number of nitrogens with zero attached hydrogens (tertiary/aromatic N) is 3. The van der Waals surface area contributed by atoms with Crippen molar-refractivity contribution in [1.29, 1.82) is 0 Å². The Bertz CT molecular complexity index is 757. The van der Waals surface area contributed by atoms with Crippen LogP contribution in [0.5, 0.6) is 0 Å².